The van der Waals surface area contributed by atoms with E-state index in [9.17, 15) is 13.2 Å². The maximum Gasteiger partial charge on any atom is 0.243 e. The zero-order valence-electron chi connectivity index (χ0n) is 18.6. The number of fused-ring (bicyclic) bond motifs is 1. The molecule has 1 atom stereocenters. The van der Waals surface area contributed by atoms with Crippen LogP contribution in [0.1, 0.15) is 31.9 Å². The fourth-order valence-electron chi connectivity index (χ4n) is 3.75. The van der Waals surface area contributed by atoms with Gasteiger partial charge in [-0.3, -0.25) is 9.69 Å². The molecule has 0 aliphatic carbocycles. The first-order valence-corrected chi connectivity index (χ1v) is 12.1. The monoisotopic (exact) mass is 445 g/mol. The van der Waals surface area contributed by atoms with E-state index in [1.165, 1.54) is 4.31 Å². The van der Waals surface area contributed by atoms with Gasteiger partial charge in [-0.15, -0.1) is 0 Å². The summed E-state index contributed by atoms with van der Waals surface area (Å²) >= 11 is 0. The Balaban J connectivity index is 1.77. The van der Waals surface area contributed by atoms with Crippen LogP contribution in [0.5, 0.6) is 5.75 Å². The highest BCUT2D eigenvalue weighted by Gasteiger charge is 2.27. The molecule has 8 heteroatoms. The molecule has 2 aromatic rings. The molecule has 1 aliphatic heterocycles. The van der Waals surface area contributed by atoms with Gasteiger partial charge in [0, 0.05) is 37.4 Å². The molecule has 0 saturated carbocycles. The van der Waals surface area contributed by atoms with E-state index in [1.807, 2.05) is 45.0 Å². The summed E-state index contributed by atoms with van der Waals surface area (Å²) in [6.07, 6.45) is 0. The Morgan fingerprint density at radius 1 is 1.19 bits per heavy atom. The highest BCUT2D eigenvalue weighted by molar-refractivity contribution is 7.89. The van der Waals surface area contributed by atoms with E-state index in [1.54, 1.807) is 25.1 Å². The Kier molecular flexibility index (Phi) is 7.35. The number of nitrogens with zero attached hydrogens (tertiary/aromatic N) is 2. The number of benzene rings is 2. The summed E-state index contributed by atoms with van der Waals surface area (Å²) in [5.41, 5.74) is 2.17. The number of carbonyl (C=O) groups is 1. The van der Waals surface area contributed by atoms with Gasteiger partial charge in [0.2, 0.25) is 15.9 Å². The Morgan fingerprint density at radius 2 is 1.90 bits per heavy atom. The van der Waals surface area contributed by atoms with Crippen LogP contribution in [0.3, 0.4) is 0 Å². The Morgan fingerprint density at radius 3 is 2.61 bits per heavy atom. The zero-order chi connectivity index (χ0) is 22.6. The van der Waals surface area contributed by atoms with Gasteiger partial charge in [0.1, 0.15) is 12.4 Å². The maximum absolute atomic E-state index is 13.0. The third-order valence-electron chi connectivity index (χ3n) is 5.69. The maximum atomic E-state index is 13.0. The van der Waals surface area contributed by atoms with Crippen molar-refractivity contribution in [3.63, 3.8) is 0 Å². The molecule has 1 aliphatic rings. The largest absolute Gasteiger partial charge is 0.492 e. The van der Waals surface area contributed by atoms with Crippen LogP contribution in [-0.4, -0.2) is 55.8 Å². The third-order valence-corrected chi connectivity index (χ3v) is 7.88. The van der Waals surface area contributed by atoms with Crippen molar-refractivity contribution in [3.8, 4) is 5.75 Å². The van der Waals surface area contributed by atoms with Crippen LogP contribution in [0.25, 0.3) is 0 Å². The van der Waals surface area contributed by atoms with Crippen molar-refractivity contribution in [1.82, 2.24) is 9.21 Å². The smallest absolute Gasteiger partial charge is 0.243 e. The minimum atomic E-state index is -3.61. The van der Waals surface area contributed by atoms with Crippen LogP contribution in [0.2, 0.25) is 0 Å². The van der Waals surface area contributed by atoms with E-state index in [0.717, 1.165) is 11.3 Å². The minimum absolute atomic E-state index is 0.186. The van der Waals surface area contributed by atoms with Gasteiger partial charge < -0.3 is 10.1 Å². The molecule has 1 heterocycles. The number of ether oxygens (including phenoxy) is 1. The van der Waals surface area contributed by atoms with Crippen molar-refractivity contribution >= 4 is 21.6 Å². The first-order valence-electron chi connectivity index (χ1n) is 10.6. The predicted octanol–water partition coefficient (Wildman–Crippen LogP) is 3.25. The summed E-state index contributed by atoms with van der Waals surface area (Å²) in [7, 11) is -3.61. The van der Waals surface area contributed by atoms with E-state index >= 15 is 0 Å². The molecule has 31 heavy (non-hydrogen) atoms. The lowest BCUT2D eigenvalue weighted by molar-refractivity contribution is -0.121. The van der Waals surface area contributed by atoms with Crippen molar-refractivity contribution < 1.29 is 17.9 Å². The molecular weight excluding hydrogens is 414 g/mol. The average molecular weight is 446 g/mol. The van der Waals surface area contributed by atoms with E-state index < -0.39 is 16.1 Å². The second-order valence-electron chi connectivity index (χ2n) is 7.66. The molecule has 0 saturated heterocycles. The van der Waals surface area contributed by atoms with Crippen LogP contribution < -0.4 is 10.1 Å². The van der Waals surface area contributed by atoms with Gasteiger partial charge in [-0.05, 0) is 37.6 Å². The second kappa shape index (κ2) is 9.80. The summed E-state index contributed by atoms with van der Waals surface area (Å²) in [4.78, 5) is 15.3. The molecule has 0 spiro atoms. The topological polar surface area (TPSA) is 79.0 Å². The fourth-order valence-corrected chi connectivity index (χ4v) is 5.46. The molecule has 3 rings (SSSR count). The molecule has 7 nitrogen and oxygen atoms in total. The first kappa shape index (κ1) is 23.2. The van der Waals surface area contributed by atoms with Gasteiger partial charge in [0.15, 0.2) is 0 Å². The number of hydrogen-bond donors (Lipinski definition) is 1. The van der Waals surface area contributed by atoms with Gasteiger partial charge in [0.25, 0.3) is 0 Å². The molecule has 1 amide bonds. The molecule has 1 N–H and O–H groups in total. The summed E-state index contributed by atoms with van der Waals surface area (Å²) in [6, 6.07) is 12.4. The van der Waals surface area contributed by atoms with Crippen LogP contribution in [-0.2, 0) is 21.4 Å². The number of aryl methyl sites for hydroxylation is 1. The van der Waals surface area contributed by atoms with Gasteiger partial charge in [-0.1, -0.05) is 38.1 Å². The fraction of sp³-hybridized carbons (Fsp3) is 0.435. The Labute approximate surface area is 185 Å². The molecule has 168 valence electrons. The predicted molar refractivity (Wildman–Crippen MR) is 122 cm³/mol. The van der Waals surface area contributed by atoms with Crippen LogP contribution >= 0.6 is 0 Å². The number of sulfonamides is 1. The van der Waals surface area contributed by atoms with Crippen molar-refractivity contribution in [2.24, 2.45) is 0 Å². The average Bonchev–Trinajstić information content (AvgIpc) is 2.97. The lowest BCUT2D eigenvalue weighted by Crippen LogP contribution is -2.42. The molecule has 0 bridgehead atoms. The number of carbonyl (C=O) groups excluding carboxylic acids is 1. The second-order valence-corrected chi connectivity index (χ2v) is 9.57. The number of rotatable bonds is 7. The zero-order valence-corrected chi connectivity index (χ0v) is 19.4. The van der Waals surface area contributed by atoms with Gasteiger partial charge in [0.05, 0.1) is 10.9 Å². The number of nitrogens with one attached hydrogen (secondary N) is 1. The molecule has 0 fully saturated rings. The number of amides is 1. The minimum Gasteiger partial charge on any atom is -0.492 e. The molecule has 2 aromatic carbocycles. The van der Waals surface area contributed by atoms with Gasteiger partial charge in [-0.2, -0.15) is 4.31 Å². The van der Waals surface area contributed by atoms with Gasteiger partial charge in [-0.25, -0.2) is 8.42 Å². The number of anilines is 1. The van der Waals surface area contributed by atoms with E-state index in [-0.39, 0.29) is 10.8 Å². The molecule has 1 unspecified atom stereocenters. The number of hydrogen-bond acceptors (Lipinski definition) is 5. The summed E-state index contributed by atoms with van der Waals surface area (Å²) in [5.74, 6) is 0.664. The van der Waals surface area contributed by atoms with Crippen LogP contribution in [0.4, 0.5) is 5.69 Å². The molecule has 0 aromatic heterocycles. The lowest BCUT2D eigenvalue weighted by Gasteiger charge is -2.26. The Hall–Kier alpha value is -2.42. The summed E-state index contributed by atoms with van der Waals surface area (Å²) in [6.45, 7) is 9.77. The summed E-state index contributed by atoms with van der Waals surface area (Å²) in [5, 5.41) is 2.89. The highest BCUT2D eigenvalue weighted by atomic mass is 32.2. The van der Waals surface area contributed by atoms with Crippen LogP contribution in [0.15, 0.2) is 47.4 Å². The quantitative estimate of drug-likeness (QED) is 0.708. The van der Waals surface area contributed by atoms with Crippen molar-refractivity contribution in [2.75, 3.05) is 31.6 Å². The van der Waals surface area contributed by atoms with Crippen molar-refractivity contribution in [1.29, 1.82) is 0 Å². The molecular formula is C23H31N3O4S. The van der Waals surface area contributed by atoms with Crippen LogP contribution in [0, 0.1) is 6.92 Å². The number of para-hydroxylation sites is 1. The Bertz CT molecular complexity index is 1030. The van der Waals surface area contributed by atoms with Gasteiger partial charge >= 0.3 is 0 Å². The summed E-state index contributed by atoms with van der Waals surface area (Å²) < 4.78 is 33.2. The standard InChI is InChI=1S/C23H31N3O4S/c1-5-26(6-2)31(28,29)22-15-20(12-11-17(22)3)24-23(27)18(4)25-13-14-30-21-10-8-7-9-19(21)16-25/h7-12,15,18H,5-6,13-14,16H2,1-4H3,(H,24,27). The normalized spacial score (nSPS) is 15.6. The van der Waals surface area contributed by atoms with E-state index in [0.29, 0.717) is 44.0 Å². The van der Waals surface area contributed by atoms with Crippen molar-refractivity contribution in [2.45, 2.75) is 45.2 Å². The SMILES string of the molecule is CCN(CC)S(=O)(=O)c1cc(NC(=O)C(C)N2CCOc3ccccc3C2)ccc1C. The first-order chi connectivity index (χ1) is 14.8. The van der Waals surface area contributed by atoms with Crippen molar-refractivity contribution in [3.05, 3.63) is 53.6 Å². The molecule has 0 radical (unpaired) electrons. The van der Waals surface area contributed by atoms with E-state index in [4.69, 9.17) is 4.74 Å². The van der Waals surface area contributed by atoms with E-state index in [2.05, 4.69) is 10.2 Å². The third kappa shape index (κ3) is 5.08. The lowest BCUT2D eigenvalue weighted by atomic mass is 10.1. The highest BCUT2D eigenvalue weighted by Crippen LogP contribution is 2.26.